The molecule has 3 heteroatoms. The van der Waals surface area contributed by atoms with Crippen molar-refractivity contribution in [1.29, 1.82) is 0 Å². The molecule has 0 saturated heterocycles. The summed E-state index contributed by atoms with van der Waals surface area (Å²) < 4.78 is 0. The van der Waals surface area contributed by atoms with Crippen LogP contribution in [0.2, 0.25) is 0 Å². The summed E-state index contributed by atoms with van der Waals surface area (Å²) >= 11 is 0. The average Bonchev–Trinajstić information content (AvgIpc) is 2.50. The Labute approximate surface area is 125 Å². The Morgan fingerprint density at radius 3 is 2.62 bits per heavy atom. The minimum absolute atomic E-state index is 0.0266. The first kappa shape index (κ1) is 13.7. The van der Waals surface area contributed by atoms with Crippen molar-refractivity contribution in [2.75, 3.05) is 11.1 Å². The lowest BCUT2D eigenvalue weighted by atomic mass is 9.90. The van der Waals surface area contributed by atoms with Gasteiger partial charge in [-0.2, -0.15) is 0 Å². The van der Waals surface area contributed by atoms with Gasteiger partial charge in [-0.1, -0.05) is 24.3 Å². The molecule has 0 fully saturated rings. The molecule has 108 valence electrons. The highest BCUT2D eigenvalue weighted by Gasteiger charge is 2.14. The third kappa shape index (κ3) is 3.24. The zero-order valence-corrected chi connectivity index (χ0v) is 12.1. The van der Waals surface area contributed by atoms with Crippen LogP contribution >= 0.6 is 0 Å². The van der Waals surface area contributed by atoms with Gasteiger partial charge in [0.15, 0.2) is 0 Å². The second-order valence-corrected chi connectivity index (χ2v) is 5.62. The van der Waals surface area contributed by atoms with Gasteiger partial charge in [-0.05, 0) is 60.6 Å². The van der Waals surface area contributed by atoms with Gasteiger partial charge in [0.05, 0.1) is 6.42 Å². The number of aryl methyl sites for hydroxylation is 1. The van der Waals surface area contributed by atoms with E-state index in [-0.39, 0.29) is 5.91 Å². The summed E-state index contributed by atoms with van der Waals surface area (Å²) in [5, 5.41) is 3.06. The number of anilines is 2. The van der Waals surface area contributed by atoms with Crippen molar-refractivity contribution < 1.29 is 4.79 Å². The Kier molecular flexibility index (Phi) is 3.91. The number of nitrogen functional groups attached to an aromatic ring is 1. The topological polar surface area (TPSA) is 55.1 Å². The van der Waals surface area contributed by atoms with Crippen LogP contribution in [0.3, 0.4) is 0 Å². The molecule has 0 aromatic heterocycles. The van der Waals surface area contributed by atoms with Gasteiger partial charge in [0, 0.05) is 11.4 Å². The van der Waals surface area contributed by atoms with Gasteiger partial charge in [-0.15, -0.1) is 0 Å². The van der Waals surface area contributed by atoms with Crippen molar-refractivity contribution in [3.8, 4) is 0 Å². The van der Waals surface area contributed by atoms with Crippen molar-refractivity contribution in [1.82, 2.24) is 0 Å². The van der Waals surface area contributed by atoms with Crippen LogP contribution in [0, 0.1) is 0 Å². The number of fused-ring (bicyclic) bond motifs is 1. The molecule has 0 unspecified atom stereocenters. The SMILES string of the molecule is Nc1ccc(CC(=O)Nc2cccc3c2CCCC3)cc1. The summed E-state index contributed by atoms with van der Waals surface area (Å²) in [5.41, 5.74) is 11.0. The van der Waals surface area contributed by atoms with Crippen molar-refractivity contribution in [2.24, 2.45) is 0 Å². The monoisotopic (exact) mass is 280 g/mol. The molecule has 2 aromatic carbocycles. The zero-order valence-electron chi connectivity index (χ0n) is 12.1. The van der Waals surface area contributed by atoms with E-state index < -0.39 is 0 Å². The number of benzene rings is 2. The van der Waals surface area contributed by atoms with Crippen LogP contribution < -0.4 is 11.1 Å². The van der Waals surface area contributed by atoms with Gasteiger partial charge >= 0.3 is 0 Å². The summed E-state index contributed by atoms with van der Waals surface area (Å²) in [6.07, 6.45) is 5.02. The Morgan fingerprint density at radius 1 is 1.05 bits per heavy atom. The lowest BCUT2D eigenvalue weighted by Gasteiger charge is -2.19. The van der Waals surface area contributed by atoms with Crippen molar-refractivity contribution in [3.05, 3.63) is 59.2 Å². The molecule has 0 atom stereocenters. The van der Waals surface area contributed by atoms with E-state index >= 15 is 0 Å². The Bertz CT molecular complexity index is 647. The molecule has 0 saturated carbocycles. The van der Waals surface area contributed by atoms with E-state index in [9.17, 15) is 4.79 Å². The number of hydrogen-bond donors (Lipinski definition) is 2. The zero-order chi connectivity index (χ0) is 14.7. The van der Waals surface area contributed by atoms with Gasteiger partial charge in [0.1, 0.15) is 0 Å². The standard InChI is InChI=1S/C18H20N2O/c19-15-10-8-13(9-11-15)12-18(21)20-17-7-3-5-14-4-1-2-6-16(14)17/h3,5,7-11H,1-2,4,6,12,19H2,(H,20,21). The second kappa shape index (κ2) is 6.00. The summed E-state index contributed by atoms with van der Waals surface area (Å²) in [6, 6.07) is 13.7. The summed E-state index contributed by atoms with van der Waals surface area (Å²) in [7, 11) is 0. The third-order valence-corrected chi connectivity index (χ3v) is 4.01. The number of hydrogen-bond acceptors (Lipinski definition) is 2. The van der Waals surface area contributed by atoms with E-state index in [4.69, 9.17) is 5.73 Å². The van der Waals surface area contributed by atoms with Crippen LogP contribution in [0.4, 0.5) is 11.4 Å². The molecule has 0 bridgehead atoms. The molecule has 3 nitrogen and oxygen atoms in total. The first-order chi connectivity index (χ1) is 10.2. The van der Waals surface area contributed by atoms with E-state index in [1.807, 2.05) is 36.4 Å². The fourth-order valence-electron chi connectivity index (χ4n) is 2.91. The number of rotatable bonds is 3. The molecule has 3 N–H and O–H groups in total. The maximum Gasteiger partial charge on any atom is 0.228 e. The average molecular weight is 280 g/mol. The molecule has 1 aliphatic rings. The van der Waals surface area contributed by atoms with E-state index in [0.717, 1.165) is 29.8 Å². The van der Waals surface area contributed by atoms with Crippen LogP contribution in [0.25, 0.3) is 0 Å². The van der Waals surface area contributed by atoms with Gasteiger partial charge in [0.2, 0.25) is 5.91 Å². The largest absolute Gasteiger partial charge is 0.399 e. The molecule has 21 heavy (non-hydrogen) atoms. The molecule has 0 aliphatic heterocycles. The maximum absolute atomic E-state index is 12.2. The van der Waals surface area contributed by atoms with Crippen LogP contribution in [0.1, 0.15) is 29.5 Å². The predicted molar refractivity (Wildman–Crippen MR) is 86.3 cm³/mol. The maximum atomic E-state index is 12.2. The van der Waals surface area contributed by atoms with Gasteiger partial charge in [-0.25, -0.2) is 0 Å². The van der Waals surface area contributed by atoms with Crippen LogP contribution in [0.15, 0.2) is 42.5 Å². The minimum Gasteiger partial charge on any atom is -0.399 e. The normalized spacial score (nSPS) is 13.5. The highest BCUT2D eigenvalue weighted by atomic mass is 16.1. The Hall–Kier alpha value is -2.29. The first-order valence-corrected chi connectivity index (χ1v) is 7.47. The molecular weight excluding hydrogens is 260 g/mol. The molecule has 2 aromatic rings. The summed E-state index contributed by atoms with van der Waals surface area (Å²) in [4.78, 5) is 12.2. The molecule has 1 aliphatic carbocycles. The van der Waals surface area contributed by atoms with Gasteiger partial charge < -0.3 is 11.1 Å². The summed E-state index contributed by atoms with van der Waals surface area (Å²) in [5.74, 6) is 0.0266. The molecule has 1 amide bonds. The number of carbonyl (C=O) groups excluding carboxylic acids is 1. The van der Waals surface area contributed by atoms with Crippen LogP contribution in [-0.4, -0.2) is 5.91 Å². The second-order valence-electron chi connectivity index (χ2n) is 5.62. The lowest BCUT2D eigenvalue weighted by Crippen LogP contribution is -2.17. The first-order valence-electron chi connectivity index (χ1n) is 7.47. The molecular formula is C18H20N2O. The predicted octanol–water partition coefficient (Wildman–Crippen LogP) is 3.33. The summed E-state index contributed by atoms with van der Waals surface area (Å²) in [6.45, 7) is 0. The fourth-order valence-corrected chi connectivity index (χ4v) is 2.91. The molecule has 0 radical (unpaired) electrons. The van der Waals surface area contributed by atoms with Gasteiger partial charge in [0.25, 0.3) is 0 Å². The number of nitrogens with two attached hydrogens (primary N) is 1. The van der Waals surface area contributed by atoms with E-state index in [2.05, 4.69) is 11.4 Å². The van der Waals surface area contributed by atoms with Gasteiger partial charge in [-0.3, -0.25) is 4.79 Å². The number of carbonyl (C=O) groups is 1. The molecule has 0 heterocycles. The fraction of sp³-hybridized carbons (Fsp3) is 0.278. The van der Waals surface area contributed by atoms with E-state index in [1.54, 1.807) is 0 Å². The van der Waals surface area contributed by atoms with E-state index in [0.29, 0.717) is 6.42 Å². The van der Waals surface area contributed by atoms with Crippen molar-refractivity contribution >= 4 is 17.3 Å². The minimum atomic E-state index is 0.0266. The smallest absolute Gasteiger partial charge is 0.228 e. The quantitative estimate of drug-likeness (QED) is 0.847. The molecule has 3 rings (SSSR count). The highest BCUT2D eigenvalue weighted by molar-refractivity contribution is 5.93. The van der Waals surface area contributed by atoms with Crippen molar-refractivity contribution in [3.63, 3.8) is 0 Å². The van der Waals surface area contributed by atoms with E-state index in [1.165, 1.54) is 24.0 Å². The Balaban J connectivity index is 1.71. The Morgan fingerprint density at radius 2 is 1.81 bits per heavy atom. The lowest BCUT2D eigenvalue weighted by molar-refractivity contribution is -0.115. The van der Waals surface area contributed by atoms with Crippen LogP contribution in [0.5, 0.6) is 0 Å². The number of nitrogens with one attached hydrogen (secondary N) is 1. The van der Waals surface area contributed by atoms with Crippen LogP contribution in [-0.2, 0) is 24.1 Å². The molecule has 0 spiro atoms. The van der Waals surface area contributed by atoms with Crippen molar-refractivity contribution in [2.45, 2.75) is 32.1 Å². The number of amides is 1. The third-order valence-electron chi connectivity index (χ3n) is 4.01. The highest BCUT2D eigenvalue weighted by Crippen LogP contribution is 2.27.